The van der Waals surface area contributed by atoms with Gasteiger partial charge in [-0.15, -0.1) is 0 Å². The van der Waals surface area contributed by atoms with Crippen LogP contribution in [0.4, 0.5) is 5.82 Å². The topological polar surface area (TPSA) is 41.0 Å². The van der Waals surface area contributed by atoms with Crippen LogP contribution in [0.5, 0.6) is 0 Å². The van der Waals surface area contributed by atoms with Gasteiger partial charge < -0.3 is 0 Å². The highest BCUT2D eigenvalue weighted by Gasteiger charge is 1.98. The van der Waals surface area contributed by atoms with E-state index in [2.05, 4.69) is 21.1 Å². The summed E-state index contributed by atoms with van der Waals surface area (Å²) in [5, 5.41) is 6.57. The Morgan fingerprint density at radius 1 is 1.50 bits per heavy atom. The molecule has 2 rings (SSSR count). The number of fused-ring (bicyclic) bond motifs is 1. The summed E-state index contributed by atoms with van der Waals surface area (Å²) in [6, 6.07) is 0. The van der Waals surface area contributed by atoms with Crippen molar-refractivity contribution in [3.05, 3.63) is 23.9 Å². The van der Waals surface area contributed by atoms with Crippen molar-refractivity contribution in [2.75, 3.05) is 0 Å². The Kier molecular flexibility index (Phi) is 1.03. The molecule has 0 radical (unpaired) electrons. The monoisotopic (exact) mass is 131 g/mol. The summed E-state index contributed by atoms with van der Waals surface area (Å²) in [7, 11) is 0. The van der Waals surface area contributed by atoms with Crippen LogP contribution in [0.3, 0.4) is 0 Å². The van der Waals surface area contributed by atoms with Gasteiger partial charge in [0, 0.05) is 5.56 Å². The zero-order valence-corrected chi connectivity index (χ0v) is 5.20. The maximum absolute atomic E-state index is 3.96. The standard InChI is InChI=1S/C7H5N3/c1-2-4-8-7-6(3-1)5-9-10-7/h1-3,5H,(H,9,10). The average molecular weight is 131 g/mol. The number of H-pyrrole nitrogens is 1. The Balaban J connectivity index is 2.68. The smallest absolute Gasteiger partial charge is 0.164 e. The van der Waals surface area contributed by atoms with E-state index >= 15 is 0 Å². The van der Waals surface area contributed by atoms with Gasteiger partial charge in [-0.1, -0.05) is 6.08 Å². The lowest BCUT2D eigenvalue weighted by Gasteiger charge is -1.82. The van der Waals surface area contributed by atoms with E-state index in [1.54, 1.807) is 12.3 Å². The first-order valence-electron chi connectivity index (χ1n) is 2.96. The van der Waals surface area contributed by atoms with E-state index < -0.39 is 0 Å². The van der Waals surface area contributed by atoms with Gasteiger partial charge >= 0.3 is 0 Å². The third kappa shape index (κ3) is 0.694. The third-order valence-electron chi connectivity index (χ3n) is 1.27. The molecular weight excluding hydrogens is 126 g/mol. The molecule has 0 spiro atoms. The second-order valence-corrected chi connectivity index (χ2v) is 1.94. The van der Waals surface area contributed by atoms with Crippen molar-refractivity contribution < 1.29 is 0 Å². The van der Waals surface area contributed by atoms with Crippen LogP contribution < -0.4 is 0 Å². The molecule has 0 unspecified atom stereocenters. The van der Waals surface area contributed by atoms with Crippen LogP contribution in [0.25, 0.3) is 6.08 Å². The minimum atomic E-state index is 0.769. The molecule has 48 valence electrons. The lowest BCUT2D eigenvalue weighted by atomic mass is 10.3. The Hall–Kier alpha value is -1.60. The predicted molar refractivity (Wildman–Crippen MR) is 39.3 cm³/mol. The molecule has 1 aromatic rings. The number of nitrogens with zero attached hydrogens (tertiary/aromatic N) is 2. The molecule has 3 heteroatoms. The number of hydrogen-bond acceptors (Lipinski definition) is 2. The van der Waals surface area contributed by atoms with E-state index in [-0.39, 0.29) is 0 Å². The molecule has 0 fully saturated rings. The zero-order valence-electron chi connectivity index (χ0n) is 5.20. The predicted octanol–water partition coefficient (Wildman–Crippen LogP) is 1.29. The quantitative estimate of drug-likeness (QED) is 0.566. The molecule has 3 nitrogen and oxygen atoms in total. The van der Waals surface area contributed by atoms with Crippen molar-refractivity contribution in [3.63, 3.8) is 0 Å². The number of hydrogen-bond donors (Lipinski definition) is 1. The fourth-order valence-corrected chi connectivity index (χ4v) is 0.797. The van der Waals surface area contributed by atoms with Crippen LogP contribution in [0, 0.1) is 0 Å². The van der Waals surface area contributed by atoms with Crippen molar-refractivity contribution in [1.82, 2.24) is 10.2 Å². The molecule has 0 aliphatic carbocycles. The molecule has 1 aliphatic rings. The van der Waals surface area contributed by atoms with Crippen LogP contribution in [-0.4, -0.2) is 16.1 Å². The number of aromatic nitrogens is 2. The third-order valence-corrected chi connectivity index (χ3v) is 1.27. The van der Waals surface area contributed by atoms with Crippen LogP contribution in [0.1, 0.15) is 5.56 Å². The van der Waals surface area contributed by atoms with Crippen molar-refractivity contribution in [2.45, 2.75) is 0 Å². The largest absolute Gasteiger partial charge is 0.260 e. The number of rotatable bonds is 0. The first-order valence-corrected chi connectivity index (χ1v) is 2.96. The van der Waals surface area contributed by atoms with Gasteiger partial charge in [-0.2, -0.15) is 10.1 Å². The van der Waals surface area contributed by atoms with Crippen LogP contribution in [0.15, 0.2) is 23.3 Å². The summed E-state index contributed by atoms with van der Waals surface area (Å²) in [5.74, 6) is 3.50. The summed E-state index contributed by atoms with van der Waals surface area (Å²) < 4.78 is 0. The molecule has 1 N–H and O–H groups in total. The normalized spacial score (nSPS) is 13.2. The molecule has 0 saturated heterocycles. The highest BCUT2D eigenvalue weighted by molar-refractivity contribution is 5.71. The summed E-state index contributed by atoms with van der Waals surface area (Å²) in [6.07, 6.45) is 7.30. The summed E-state index contributed by atoms with van der Waals surface area (Å²) in [4.78, 5) is 3.96. The van der Waals surface area contributed by atoms with Crippen molar-refractivity contribution in [1.29, 1.82) is 0 Å². The maximum Gasteiger partial charge on any atom is 0.164 e. The van der Waals surface area contributed by atoms with E-state index in [0.29, 0.717) is 0 Å². The second-order valence-electron chi connectivity index (χ2n) is 1.94. The Morgan fingerprint density at radius 2 is 2.50 bits per heavy atom. The van der Waals surface area contributed by atoms with Gasteiger partial charge in [0.25, 0.3) is 0 Å². The molecule has 0 atom stereocenters. The molecule has 1 aromatic heterocycles. The van der Waals surface area contributed by atoms with Gasteiger partial charge in [0.1, 0.15) is 0 Å². The molecule has 1 aliphatic heterocycles. The summed E-state index contributed by atoms with van der Waals surface area (Å²) in [5.41, 5.74) is 1.00. The Morgan fingerprint density at radius 3 is 3.50 bits per heavy atom. The SMILES string of the molecule is C1=CC=Cc2cn[nH]c2N=1. The number of nitrogens with one attached hydrogen (secondary N) is 1. The molecule has 0 amide bonds. The summed E-state index contributed by atoms with van der Waals surface area (Å²) in [6.45, 7) is 0. The molecule has 0 aromatic carbocycles. The number of aliphatic imine (C=N–C) groups is 1. The number of aromatic amines is 1. The average Bonchev–Trinajstić information content (AvgIpc) is 2.28. The zero-order chi connectivity index (χ0) is 6.81. The van der Waals surface area contributed by atoms with Gasteiger partial charge in [-0.3, -0.25) is 5.10 Å². The highest BCUT2D eigenvalue weighted by Crippen LogP contribution is 2.16. The Labute approximate surface area is 57.8 Å². The van der Waals surface area contributed by atoms with Crippen LogP contribution in [-0.2, 0) is 0 Å². The summed E-state index contributed by atoms with van der Waals surface area (Å²) >= 11 is 0. The van der Waals surface area contributed by atoms with Crippen molar-refractivity contribution in [2.24, 2.45) is 4.99 Å². The molecule has 10 heavy (non-hydrogen) atoms. The van der Waals surface area contributed by atoms with E-state index in [0.717, 1.165) is 11.4 Å². The molecule has 0 bridgehead atoms. The fourth-order valence-electron chi connectivity index (χ4n) is 0.797. The second kappa shape index (κ2) is 1.97. The molecular formula is C7H5N3. The van der Waals surface area contributed by atoms with E-state index in [1.807, 2.05) is 12.2 Å². The van der Waals surface area contributed by atoms with Crippen molar-refractivity contribution >= 4 is 17.8 Å². The first kappa shape index (κ1) is 5.21. The van der Waals surface area contributed by atoms with Gasteiger partial charge in [-0.25, -0.2) is 0 Å². The van der Waals surface area contributed by atoms with Gasteiger partial charge in [0.05, 0.1) is 6.20 Å². The highest BCUT2D eigenvalue weighted by atomic mass is 15.2. The van der Waals surface area contributed by atoms with Gasteiger partial charge in [0.15, 0.2) is 5.82 Å². The van der Waals surface area contributed by atoms with Gasteiger partial charge in [0.2, 0.25) is 0 Å². The van der Waals surface area contributed by atoms with E-state index in [1.165, 1.54) is 0 Å². The first-order chi connectivity index (χ1) is 4.97. The minimum absolute atomic E-state index is 0.769. The van der Waals surface area contributed by atoms with Crippen LogP contribution >= 0.6 is 0 Å². The number of allylic oxidation sites excluding steroid dienone is 2. The van der Waals surface area contributed by atoms with Gasteiger partial charge in [-0.05, 0) is 18.0 Å². The minimum Gasteiger partial charge on any atom is -0.260 e. The maximum atomic E-state index is 3.96. The van der Waals surface area contributed by atoms with E-state index in [9.17, 15) is 0 Å². The van der Waals surface area contributed by atoms with Crippen molar-refractivity contribution in [3.8, 4) is 0 Å². The molecule has 2 heterocycles. The van der Waals surface area contributed by atoms with Crippen LogP contribution in [0.2, 0.25) is 0 Å². The lowest BCUT2D eigenvalue weighted by molar-refractivity contribution is 1.08. The molecule has 0 saturated carbocycles. The van der Waals surface area contributed by atoms with E-state index in [4.69, 9.17) is 0 Å². The lowest BCUT2D eigenvalue weighted by Crippen LogP contribution is -1.64. The fraction of sp³-hybridized carbons (Fsp3) is 0. The Bertz CT molecular complexity index is 326.